The SMILES string of the molecule is COC(=O)Nc1ccc(-c2ccnc(C(=O)Nc3cccc(-c4nncn4C4CC4)c3)c2)cn1. The van der Waals surface area contributed by atoms with Crippen molar-refractivity contribution >= 4 is 23.5 Å². The first-order valence-electron chi connectivity index (χ1n) is 10.7. The number of hydrogen-bond donors (Lipinski definition) is 2. The molecule has 2 N–H and O–H groups in total. The molecule has 0 aliphatic heterocycles. The standard InChI is InChI=1S/C24H21N7O3/c1-34-24(33)29-21-8-5-17(13-26-21)15-9-10-25-20(12-15)23(32)28-18-4-2-3-16(11-18)22-30-27-14-31(22)19-6-7-19/h2-5,8-14,19H,6-7H2,1H3,(H,28,32)(H,26,29,33). The van der Waals surface area contributed by atoms with Crippen molar-refractivity contribution < 1.29 is 14.3 Å². The lowest BCUT2D eigenvalue weighted by Gasteiger charge is -2.09. The molecule has 1 saturated carbocycles. The number of carbonyl (C=O) groups is 2. The van der Waals surface area contributed by atoms with Crippen LogP contribution in [0.15, 0.2) is 67.3 Å². The summed E-state index contributed by atoms with van der Waals surface area (Å²) in [7, 11) is 1.28. The minimum absolute atomic E-state index is 0.265. The molecule has 3 heterocycles. The van der Waals surface area contributed by atoms with Gasteiger partial charge in [0.05, 0.1) is 7.11 Å². The zero-order chi connectivity index (χ0) is 23.5. The second-order valence-electron chi connectivity index (χ2n) is 7.81. The van der Waals surface area contributed by atoms with E-state index in [9.17, 15) is 9.59 Å². The molecule has 10 nitrogen and oxygen atoms in total. The van der Waals surface area contributed by atoms with Crippen LogP contribution in [0.5, 0.6) is 0 Å². The average Bonchev–Trinajstić information content (AvgIpc) is 3.60. The van der Waals surface area contributed by atoms with Gasteiger partial charge in [-0.3, -0.25) is 15.1 Å². The number of nitrogens with one attached hydrogen (secondary N) is 2. The van der Waals surface area contributed by atoms with Gasteiger partial charge in [0.15, 0.2) is 5.82 Å². The van der Waals surface area contributed by atoms with Gasteiger partial charge < -0.3 is 14.6 Å². The Hall–Kier alpha value is -4.60. The number of aromatic nitrogens is 5. The number of hydrogen-bond acceptors (Lipinski definition) is 7. The number of amides is 2. The fourth-order valence-electron chi connectivity index (χ4n) is 3.53. The number of carbonyl (C=O) groups excluding carboxylic acids is 2. The molecular weight excluding hydrogens is 434 g/mol. The molecule has 3 aromatic heterocycles. The summed E-state index contributed by atoms with van der Waals surface area (Å²) in [5.74, 6) is 0.816. The zero-order valence-corrected chi connectivity index (χ0v) is 18.3. The third kappa shape index (κ3) is 4.60. The summed E-state index contributed by atoms with van der Waals surface area (Å²) >= 11 is 0. The van der Waals surface area contributed by atoms with Crippen LogP contribution in [0.2, 0.25) is 0 Å². The van der Waals surface area contributed by atoms with Gasteiger partial charge >= 0.3 is 6.09 Å². The minimum Gasteiger partial charge on any atom is -0.453 e. The molecular formula is C24H21N7O3. The first-order chi connectivity index (χ1) is 16.6. The van der Waals surface area contributed by atoms with Crippen LogP contribution in [0, 0.1) is 0 Å². The molecule has 0 atom stereocenters. The minimum atomic E-state index is -0.597. The van der Waals surface area contributed by atoms with E-state index in [0.29, 0.717) is 17.5 Å². The Bertz CT molecular complexity index is 1350. The van der Waals surface area contributed by atoms with Crippen LogP contribution in [-0.4, -0.2) is 43.8 Å². The summed E-state index contributed by atoms with van der Waals surface area (Å²) in [5.41, 5.74) is 3.33. The van der Waals surface area contributed by atoms with Crippen molar-refractivity contribution in [3.05, 3.63) is 72.9 Å². The van der Waals surface area contributed by atoms with Crippen molar-refractivity contribution in [2.24, 2.45) is 0 Å². The fraction of sp³-hybridized carbons (Fsp3) is 0.167. The van der Waals surface area contributed by atoms with Gasteiger partial charge in [-0.05, 0) is 54.8 Å². The summed E-state index contributed by atoms with van der Waals surface area (Å²) in [4.78, 5) is 32.6. The van der Waals surface area contributed by atoms with Crippen molar-refractivity contribution in [3.63, 3.8) is 0 Å². The number of benzene rings is 1. The molecule has 1 aliphatic rings. The topological polar surface area (TPSA) is 124 Å². The molecule has 1 aromatic carbocycles. The molecule has 0 bridgehead atoms. The molecule has 10 heteroatoms. The molecule has 0 spiro atoms. The van der Waals surface area contributed by atoms with E-state index in [1.807, 2.05) is 24.3 Å². The van der Waals surface area contributed by atoms with Crippen molar-refractivity contribution in [1.82, 2.24) is 24.7 Å². The van der Waals surface area contributed by atoms with Crippen LogP contribution in [0.1, 0.15) is 29.4 Å². The number of rotatable bonds is 6. The van der Waals surface area contributed by atoms with Crippen molar-refractivity contribution in [2.45, 2.75) is 18.9 Å². The largest absolute Gasteiger partial charge is 0.453 e. The van der Waals surface area contributed by atoms with Crippen LogP contribution < -0.4 is 10.6 Å². The first kappa shape index (κ1) is 21.3. The van der Waals surface area contributed by atoms with Gasteiger partial charge in [0.2, 0.25) is 0 Å². The maximum atomic E-state index is 12.9. The molecule has 34 heavy (non-hydrogen) atoms. The monoisotopic (exact) mass is 455 g/mol. The van der Waals surface area contributed by atoms with Crippen LogP contribution in [0.4, 0.5) is 16.3 Å². The Morgan fingerprint density at radius 2 is 1.88 bits per heavy atom. The quantitative estimate of drug-likeness (QED) is 0.447. The molecule has 0 radical (unpaired) electrons. The molecule has 1 fully saturated rings. The van der Waals surface area contributed by atoms with E-state index in [-0.39, 0.29) is 11.6 Å². The molecule has 170 valence electrons. The molecule has 4 aromatic rings. The second-order valence-corrected chi connectivity index (χ2v) is 7.81. The Labute approximate surface area is 195 Å². The molecule has 1 aliphatic carbocycles. The smallest absolute Gasteiger partial charge is 0.412 e. The van der Waals surface area contributed by atoms with E-state index in [0.717, 1.165) is 35.4 Å². The van der Waals surface area contributed by atoms with E-state index in [1.54, 1.807) is 43.0 Å². The van der Waals surface area contributed by atoms with Gasteiger partial charge in [-0.15, -0.1) is 10.2 Å². The van der Waals surface area contributed by atoms with Crippen LogP contribution >= 0.6 is 0 Å². The van der Waals surface area contributed by atoms with Gasteiger partial charge in [0.25, 0.3) is 5.91 Å². The lowest BCUT2D eigenvalue weighted by atomic mass is 10.1. The number of nitrogens with zero attached hydrogens (tertiary/aromatic N) is 5. The lowest BCUT2D eigenvalue weighted by molar-refractivity contribution is 0.102. The zero-order valence-electron chi connectivity index (χ0n) is 18.3. The molecule has 5 rings (SSSR count). The maximum absolute atomic E-state index is 12.9. The fourth-order valence-corrected chi connectivity index (χ4v) is 3.53. The highest BCUT2D eigenvalue weighted by Crippen LogP contribution is 2.37. The number of ether oxygens (including phenoxy) is 1. The normalized spacial score (nSPS) is 12.7. The second kappa shape index (κ2) is 9.10. The summed E-state index contributed by atoms with van der Waals surface area (Å²) in [5, 5.41) is 13.7. The van der Waals surface area contributed by atoms with Gasteiger partial charge in [0.1, 0.15) is 17.8 Å². The Kier molecular flexibility index (Phi) is 5.69. The summed E-state index contributed by atoms with van der Waals surface area (Å²) in [6, 6.07) is 14.9. The van der Waals surface area contributed by atoms with E-state index >= 15 is 0 Å². The predicted octanol–water partition coefficient (Wildman–Crippen LogP) is 4.17. The predicted molar refractivity (Wildman–Crippen MR) is 125 cm³/mol. The van der Waals surface area contributed by atoms with Crippen LogP contribution in [0.25, 0.3) is 22.5 Å². The van der Waals surface area contributed by atoms with Gasteiger partial charge in [-0.25, -0.2) is 9.78 Å². The third-order valence-electron chi connectivity index (χ3n) is 5.40. The first-order valence-corrected chi connectivity index (χ1v) is 10.7. The number of methoxy groups -OCH3 is 1. The van der Waals surface area contributed by atoms with E-state index in [4.69, 9.17) is 0 Å². The van der Waals surface area contributed by atoms with Crippen molar-refractivity contribution in [2.75, 3.05) is 17.7 Å². The summed E-state index contributed by atoms with van der Waals surface area (Å²) in [6.45, 7) is 0. The lowest BCUT2D eigenvalue weighted by Crippen LogP contribution is -2.13. The van der Waals surface area contributed by atoms with Gasteiger partial charge in [0, 0.05) is 35.2 Å². The highest BCUT2D eigenvalue weighted by Gasteiger charge is 2.26. The van der Waals surface area contributed by atoms with E-state index in [2.05, 4.69) is 40.1 Å². The van der Waals surface area contributed by atoms with Crippen LogP contribution in [0.3, 0.4) is 0 Å². The highest BCUT2D eigenvalue weighted by atomic mass is 16.5. The molecule has 0 saturated heterocycles. The average molecular weight is 455 g/mol. The Morgan fingerprint density at radius 1 is 1.00 bits per heavy atom. The number of anilines is 2. The molecule has 2 amide bonds. The highest BCUT2D eigenvalue weighted by molar-refractivity contribution is 6.03. The maximum Gasteiger partial charge on any atom is 0.412 e. The third-order valence-corrected chi connectivity index (χ3v) is 5.40. The Balaban J connectivity index is 1.32. The van der Waals surface area contributed by atoms with Crippen molar-refractivity contribution in [3.8, 4) is 22.5 Å². The van der Waals surface area contributed by atoms with Crippen molar-refractivity contribution in [1.29, 1.82) is 0 Å². The van der Waals surface area contributed by atoms with Gasteiger partial charge in [-0.1, -0.05) is 12.1 Å². The Morgan fingerprint density at radius 3 is 2.65 bits per heavy atom. The van der Waals surface area contributed by atoms with Gasteiger partial charge in [-0.2, -0.15) is 0 Å². The van der Waals surface area contributed by atoms with Crippen LogP contribution in [-0.2, 0) is 4.74 Å². The summed E-state index contributed by atoms with van der Waals surface area (Å²) < 4.78 is 6.63. The molecule has 0 unspecified atom stereocenters. The van der Waals surface area contributed by atoms with E-state index < -0.39 is 6.09 Å². The summed E-state index contributed by atoms with van der Waals surface area (Å²) in [6.07, 6.45) is 6.58. The van der Waals surface area contributed by atoms with E-state index in [1.165, 1.54) is 7.11 Å². The number of pyridine rings is 2.